The molecule has 0 aliphatic heterocycles. The summed E-state index contributed by atoms with van der Waals surface area (Å²) in [5.41, 5.74) is 8.96. The van der Waals surface area contributed by atoms with Gasteiger partial charge in [-0.1, -0.05) is 30.3 Å². The summed E-state index contributed by atoms with van der Waals surface area (Å²) in [5, 5.41) is 12.5. The molecule has 0 aliphatic rings. The average molecular weight is 254 g/mol. The van der Waals surface area contributed by atoms with Gasteiger partial charge in [0.2, 0.25) is 0 Å². The summed E-state index contributed by atoms with van der Waals surface area (Å²) < 4.78 is 2.15. The molecule has 0 aliphatic carbocycles. The van der Waals surface area contributed by atoms with Crippen LogP contribution in [0.4, 0.5) is 0 Å². The van der Waals surface area contributed by atoms with E-state index in [1.54, 1.807) is 0 Å². The molecule has 3 aromatic rings. The molecule has 0 fully saturated rings. The maximum absolute atomic E-state index is 10.1. The Kier molecular flexibility index (Phi) is 2.81. The Morgan fingerprint density at radius 3 is 2.47 bits per heavy atom. The van der Waals surface area contributed by atoms with E-state index in [0.717, 1.165) is 11.1 Å². The molecule has 0 saturated heterocycles. The molecule has 0 amide bonds. The highest BCUT2D eigenvalue weighted by molar-refractivity contribution is 6.08. The Morgan fingerprint density at radius 1 is 1.05 bits per heavy atom. The highest BCUT2D eigenvalue weighted by atomic mass is 16.3. The Balaban J connectivity index is 2.29. The molecule has 1 heterocycles. The number of hydrogen-bond donors (Lipinski definition) is 2. The molecule has 0 bridgehead atoms. The highest BCUT2D eigenvalue weighted by Gasteiger charge is 2.15. The van der Waals surface area contributed by atoms with Crippen LogP contribution in [-0.2, 0) is 7.05 Å². The van der Waals surface area contributed by atoms with Crippen LogP contribution < -0.4 is 5.73 Å². The molecule has 0 radical (unpaired) electrons. The normalized spacial score (nSPS) is 14.9. The second kappa shape index (κ2) is 4.37. The number of aryl methyl sites for hydroxylation is 1. The first-order chi connectivity index (χ1) is 9.09. The molecule has 19 heavy (non-hydrogen) atoms. The molecule has 2 unspecified atom stereocenters. The SMILES string of the molecule is CC(N)C(O)c1ccc2c3ccccc3n(C)c2c1. The zero-order chi connectivity index (χ0) is 13.6. The third-order valence-electron chi connectivity index (χ3n) is 3.78. The average Bonchev–Trinajstić information content (AvgIpc) is 2.72. The molecule has 2 aromatic carbocycles. The van der Waals surface area contributed by atoms with Crippen LogP contribution in [-0.4, -0.2) is 15.7 Å². The van der Waals surface area contributed by atoms with E-state index in [1.165, 1.54) is 16.3 Å². The third-order valence-corrected chi connectivity index (χ3v) is 3.78. The number of para-hydroxylation sites is 1. The largest absolute Gasteiger partial charge is 0.387 e. The van der Waals surface area contributed by atoms with Gasteiger partial charge in [-0.3, -0.25) is 0 Å². The monoisotopic (exact) mass is 254 g/mol. The van der Waals surface area contributed by atoms with Gasteiger partial charge in [-0.25, -0.2) is 0 Å². The van der Waals surface area contributed by atoms with E-state index < -0.39 is 6.10 Å². The highest BCUT2D eigenvalue weighted by Crippen LogP contribution is 2.30. The fourth-order valence-corrected chi connectivity index (χ4v) is 2.67. The van der Waals surface area contributed by atoms with Gasteiger partial charge >= 0.3 is 0 Å². The van der Waals surface area contributed by atoms with Crippen LogP contribution in [0, 0.1) is 0 Å². The minimum Gasteiger partial charge on any atom is -0.387 e. The molecular weight excluding hydrogens is 236 g/mol. The minimum absolute atomic E-state index is 0.271. The van der Waals surface area contributed by atoms with Gasteiger partial charge in [0.05, 0.1) is 6.10 Å². The van der Waals surface area contributed by atoms with Gasteiger partial charge in [-0.05, 0) is 24.6 Å². The van der Waals surface area contributed by atoms with Crippen LogP contribution in [0.25, 0.3) is 21.8 Å². The maximum atomic E-state index is 10.1. The Morgan fingerprint density at radius 2 is 1.74 bits per heavy atom. The van der Waals surface area contributed by atoms with Crippen molar-refractivity contribution < 1.29 is 5.11 Å². The number of aliphatic hydroxyl groups is 1. The Labute approximate surface area is 112 Å². The van der Waals surface area contributed by atoms with Crippen molar-refractivity contribution in [3.8, 4) is 0 Å². The van der Waals surface area contributed by atoms with E-state index >= 15 is 0 Å². The molecule has 2 atom stereocenters. The summed E-state index contributed by atoms with van der Waals surface area (Å²) >= 11 is 0. The van der Waals surface area contributed by atoms with Gasteiger partial charge in [0.15, 0.2) is 0 Å². The van der Waals surface area contributed by atoms with Gasteiger partial charge < -0.3 is 15.4 Å². The van der Waals surface area contributed by atoms with Gasteiger partial charge in [-0.15, -0.1) is 0 Å². The summed E-state index contributed by atoms with van der Waals surface area (Å²) in [6.07, 6.45) is -0.623. The molecule has 3 rings (SSSR count). The zero-order valence-corrected chi connectivity index (χ0v) is 11.2. The van der Waals surface area contributed by atoms with Gasteiger partial charge in [0, 0.05) is 34.9 Å². The fourth-order valence-electron chi connectivity index (χ4n) is 2.67. The van der Waals surface area contributed by atoms with E-state index in [-0.39, 0.29) is 6.04 Å². The molecule has 3 heteroatoms. The lowest BCUT2D eigenvalue weighted by atomic mass is 10.0. The van der Waals surface area contributed by atoms with Crippen molar-refractivity contribution in [3.63, 3.8) is 0 Å². The number of nitrogens with two attached hydrogens (primary N) is 1. The third kappa shape index (κ3) is 1.82. The Hall–Kier alpha value is -1.84. The lowest BCUT2D eigenvalue weighted by Gasteiger charge is -2.15. The summed E-state index contributed by atoms with van der Waals surface area (Å²) in [7, 11) is 2.05. The first-order valence-electron chi connectivity index (χ1n) is 6.50. The van der Waals surface area contributed by atoms with E-state index in [1.807, 2.05) is 38.2 Å². The van der Waals surface area contributed by atoms with Crippen LogP contribution in [0.3, 0.4) is 0 Å². The molecule has 98 valence electrons. The van der Waals surface area contributed by atoms with Crippen molar-refractivity contribution in [1.82, 2.24) is 4.57 Å². The second-order valence-electron chi connectivity index (χ2n) is 5.16. The van der Waals surface area contributed by atoms with Gasteiger partial charge in [0.1, 0.15) is 0 Å². The predicted octanol–water partition coefficient (Wildman–Crippen LogP) is 2.71. The standard InChI is InChI=1S/C16H18N2O/c1-10(17)16(19)11-7-8-13-12-5-3-4-6-14(12)18(2)15(13)9-11/h3-10,16,19H,17H2,1-2H3. The van der Waals surface area contributed by atoms with E-state index in [2.05, 4.69) is 22.8 Å². The lowest BCUT2D eigenvalue weighted by molar-refractivity contribution is 0.153. The van der Waals surface area contributed by atoms with Crippen LogP contribution >= 0.6 is 0 Å². The molecular formula is C16H18N2O. The molecule has 1 aromatic heterocycles. The molecule has 3 nitrogen and oxygen atoms in total. The molecule has 0 saturated carbocycles. The number of hydrogen-bond acceptors (Lipinski definition) is 2. The van der Waals surface area contributed by atoms with Crippen LogP contribution in [0.15, 0.2) is 42.5 Å². The van der Waals surface area contributed by atoms with Crippen molar-refractivity contribution in [2.75, 3.05) is 0 Å². The van der Waals surface area contributed by atoms with Crippen LogP contribution in [0.2, 0.25) is 0 Å². The molecule has 3 N–H and O–H groups in total. The molecule has 0 spiro atoms. The zero-order valence-electron chi connectivity index (χ0n) is 11.2. The first kappa shape index (κ1) is 12.2. The van der Waals surface area contributed by atoms with E-state index in [9.17, 15) is 5.11 Å². The minimum atomic E-state index is -0.623. The number of aliphatic hydroxyl groups excluding tert-OH is 1. The first-order valence-corrected chi connectivity index (χ1v) is 6.50. The Bertz CT molecular complexity index is 743. The van der Waals surface area contributed by atoms with Crippen molar-refractivity contribution in [1.29, 1.82) is 0 Å². The number of rotatable bonds is 2. The maximum Gasteiger partial charge on any atom is 0.0938 e. The summed E-state index contributed by atoms with van der Waals surface area (Å²) in [6, 6.07) is 14.1. The number of aromatic nitrogens is 1. The summed E-state index contributed by atoms with van der Waals surface area (Å²) in [4.78, 5) is 0. The van der Waals surface area contributed by atoms with E-state index in [4.69, 9.17) is 5.73 Å². The predicted molar refractivity (Wildman–Crippen MR) is 79.0 cm³/mol. The van der Waals surface area contributed by atoms with Gasteiger partial charge in [-0.2, -0.15) is 0 Å². The second-order valence-corrected chi connectivity index (χ2v) is 5.16. The van der Waals surface area contributed by atoms with Crippen molar-refractivity contribution in [3.05, 3.63) is 48.0 Å². The van der Waals surface area contributed by atoms with Crippen molar-refractivity contribution in [2.45, 2.75) is 19.1 Å². The van der Waals surface area contributed by atoms with E-state index in [0.29, 0.717) is 0 Å². The summed E-state index contributed by atoms with van der Waals surface area (Å²) in [6.45, 7) is 1.82. The van der Waals surface area contributed by atoms with Crippen LogP contribution in [0.5, 0.6) is 0 Å². The van der Waals surface area contributed by atoms with Crippen molar-refractivity contribution >= 4 is 21.8 Å². The number of nitrogens with zero attached hydrogens (tertiary/aromatic N) is 1. The quantitative estimate of drug-likeness (QED) is 0.738. The topological polar surface area (TPSA) is 51.2 Å². The van der Waals surface area contributed by atoms with Crippen molar-refractivity contribution in [2.24, 2.45) is 12.8 Å². The van der Waals surface area contributed by atoms with Crippen LogP contribution in [0.1, 0.15) is 18.6 Å². The lowest BCUT2D eigenvalue weighted by Crippen LogP contribution is -2.24. The smallest absolute Gasteiger partial charge is 0.0938 e. The number of fused-ring (bicyclic) bond motifs is 3. The van der Waals surface area contributed by atoms with Gasteiger partial charge in [0.25, 0.3) is 0 Å². The number of benzene rings is 2. The fraction of sp³-hybridized carbons (Fsp3) is 0.250. The summed E-state index contributed by atoms with van der Waals surface area (Å²) in [5.74, 6) is 0.